The van der Waals surface area contributed by atoms with E-state index in [4.69, 9.17) is 13.5 Å². The van der Waals surface area contributed by atoms with Gasteiger partial charge in [-0.25, -0.2) is 0 Å². The van der Waals surface area contributed by atoms with Crippen molar-refractivity contribution in [2.75, 3.05) is 0 Å². The van der Waals surface area contributed by atoms with Gasteiger partial charge in [-0.1, -0.05) is 13.8 Å². The van der Waals surface area contributed by atoms with Crippen molar-refractivity contribution < 1.29 is 62.7 Å². The molecule has 0 rings (SSSR count). The zero-order valence-electron chi connectivity index (χ0n) is 21.8. The quantitative estimate of drug-likeness (QED) is 0.170. The van der Waals surface area contributed by atoms with Gasteiger partial charge in [-0.3, -0.25) is 28.8 Å². The molecule has 196 valence electrons. The first-order valence-corrected chi connectivity index (χ1v) is 11.6. The van der Waals surface area contributed by atoms with E-state index in [1.54, 1.807) is 40.5 Å². The topological polar surface area (TPSA) is 160 Å². The van der Waals surface area contributed by atoms with Gasteiger partial charge in [0.25, 0.3) is 0 Å². The fourth-order valence-corrected chi connectivity index (χ4v) is 1.43. The van der Waals surface area contributed by atoms with Crippen LogP contribution < -0.4 is 0 Å². The summed E-state index contributed by atoms with van der Waals surface area (Å²) in [5.74, 6) is -2.60. The molecule has 0 aliphatic carbocycles. The molecule has 34 heavy (non-hydrogen) atoms. The Morgan fingerprint density at radius 3 is 0.971 bits per heavy atom. The van der Waals surface area contributed by atoms with Crippen molar-refractivity contribution >= 4 is 34.7 Å². The Balaban J connectivity index is -0.000000119. The van der Waals surface area contributed by atoms with Crippen LogP contribution in [-0.4, -0.2) is 57.1 Å². The summed E-state index contributed by atoms with van der Waals surface area (Å²) in [5.41, 5.74) is 0. The summed E-state index contributed by atoms with van der Waals surface area (Å²) in [6.45, 7) is 13.3. The van der Waals surface area contributed by atoms with Crippen LogP contribution in [0, 0.1) is 12.8 Å². The molecule has 0 aliphatic heterocycles. The molecule has 0 heterocycles. The van der Waals surface area contributed by atoms with Gasteiger partial charge in [0.2, 0.25) is 11.6 Å². The Morgan fingerprint density at radius 1 is 0.618 bits per heavy atom. The van der Waals surface area contributed by atoms with E-state index in [2.05, 4.69) is 0 Å². The van der Waals surface area contributed by atoms with Crippen molar-refractivity contribution in [3.05, 3.63) is 12.8 Å². The van der Waals surface area contributed by atoms with E-state index in [9.17, 15) is 28.8 Å². The molecule has 0 atom stereocenters. The first kappa shape index (κ1) is 42.6. The van der Waals surface area contributed by atoms with E-state index < -0.39 is 23.1 Å². The van der Waals surface area contributed by atoms with E-state index in [1.165, 1.54) is 13.8 Å². The molecule has 0 fully saturated rings. The van der Waals surface area contributed by atoms with Crippen LogP contribution in [0.2, 0.25) is 0 Å². The molecule has 2 N–H and O–H groups in total. The Morgan fingerprint density at radius 2 is 0.824 bits per heavy atom. The van der Waals surface area contributed by atoms with Gasteiger partial charge in [-0.05, 0) is 41.5 Å². The van der Waals surface area contributed by atoms with Gasteiger partial charge in [0.05, 0.1) is 12.8 Å². The summed E-state index contributed by atoms with van der Waals surface area (Å²) in [7, 11) is 0. The number of aliphatic hydroxyl groups is 2. The molecule has 0 aliphatic rings. The zero-order valence-corrected chi connectivity index (χ0v) is 23.4. The SMILES string of the molecule is CC(C)O.CC(C)O.CC[CH-]CC(=O)C(=O)CC(C)=O.CC[CH-]CC(=O)C(=O)CC(C)=O.[O]=[Ti+2]. The number of rotatable bonds is 12. The van der Waals surface area contributed by atoms with Crippen LogP contribution in [0.15, 0.2) is 0 Å². The minimum atomic E-state index is -0.577. The van der Waals surface area contributed by atoms with Crippen LogP contribution in [0.1, 0.15) is 93.9 Å². The predicted molar refractivity (Wildman–Crippen MR) is 124 cm³/mol. The molecule has 0 saturated heterocycles. The van der Waals surface area contributed by atoms with Gasteiger partial charge in [0.1, 0.15) is 11.6 Å². The summed E-state index contributed by atoms with van der Waals surface area (Å²) in [6.07, 6.45) is 4.44. The molecule has 0 saturated carbocycles. The molecule has 0 bridgehead atoms. The second-order valence-electron chi connectivity index (χ2n) is 7.44. The summed E-state index contributed by atoms with van der Waals surface area (Å²) in [6, 6.07) is 0. The molecule has 0 radical (unpaired) electrons. The molecule has 0 aromatic carbocycles. The molecule has 0 amide bonds. The van der Waals surface area contributed by atoms with E-state index >= 15 is 0 Å². The van der Waals surface area contributed by atoms with Crippen molar-refractivity contribution in [2.24, 2.45) is 0 Å². The number of hydrogen-bond acceptors (Lipinski definition) is 9. The molecule has 0 unspecified atom stereocenters. The summed E-state index contributed by atoms with van der Waals surface area (Å²) in [5, 5.41) is 16.1. The third-order valence-corrected chi connectivity index (χ3v) is 2.68. The number of carbonyl (C=O) groups excluding carboxylic acids is 6. The summed E-state index contributed by atoms with van der Waals surface area (Å²) in [4.78, 5) is 64.4. The van der Waals surface area contributed by atoms with Crippen LogP contribution in [0.3, 0.4) is 0 Å². The Hall–Kier alpha value is -1.55. The maximum absolute atomic E-state index is 10.9. The molecular weight excluding hydrogens is 480 g/mol. The van der Waals surface area contributed by atoms with E-state index in [0.29, 0.717) is 0 Å². The van der Waals surface area contributed by atoms with Gasteiger partial charge >= 0.3 is 23.7 Å². The first-order valence-electron chi connectivity index (χ1n) is 10.9. The van der Waals surface area contributed by atoms with Crippen molar-refractivity contribution in [2.45, 2.75) is 106 Å². The fourth-order valence-electron chi connectivity index (χ4n) is 1.43. The van der Waals surface area contributed by atoms with Crippen LogP contribution in [0.25, 0.3) is 0 Å². The average molecular weight is 522 g/mol. The van der Waals surface area contributed by atoms with Gasteiger partial charge in [0, 0.05) is 12.2 Å². The third kappa shape index (κ3) is 52.4. The van der Waals surface area contributed by atoms with Crippen molar-refractivity contribution in [1.29, 1.82) is 0 Å². The number of hydrogen-bond donors (Lipinski definition) is 2. The van der Waals surface area contributed by atoms with Gasteiger partial charge in [-0.15, -0.1) is 12.8 Å². The van der Waals surface area contributed by atoms with Crippen LogP contribution in [0.5, 0.6) is 0 Å². The van der Waals surface area contributed by atoms with E-state index in [0.717, 1.165) is 33.2 Å². The van der Waals surface area contributed by atoms with E-state index in [-0.39, 0.29) is 49.5 Å². The molecule has 10 heteroatoms. The van der Waals surface area contributed by atoms with Crippen molar-refractivity contribution in [3.63, 3.8) is 0 Å². The molecule has 0 aromatic heterocycles. The van der Waals surface area contributed by atoms with Crippen LogP contribution in [-0.2, 0) is 52.5 Å². The Labute approximate surface area is 216 Å². The summed E-state index contributed by atoms with van der Waals surface area (Å²) < 4.78 is 8.25. The molecule has 9 nitrogen and oxygen atoms in total. The number of carbonyl (C=O) groups is 6. The van der Waals surface area contributed by atoms with Crippen LogP contribution >= 0.6 is 0 Å². The Bertz CT molecular complexity index is 529. The predicted octanol–water partition coefficient (Wildman–Crippen LogP) is 2.87. The second kappa shape index (κ2) is 31.5. The number of aliphatic hydroxyl groups excluding tert-OH is 2. The molecule has 0 spiro atoms. The number of Topliss-reactive ketones (excluding diaryl/α,β-unsaturated/α-hetero) is 6. The van der Waals surface area contributed by atoms with E-state index in [1.807, 2.05) is 13.8 Å². The fraction of sp³-hybridized carbons (Fsp3) is 0.667. The van der Waals surface area contributed by atoms with Gasteiger partial charge < -0.3 is 23.1 Å². The average Bonchev–Trinajstić information content (AvgIpc) is 2.70. The number of ketones is 6. The van der Waals surface area contributed by atoms with Crippen molar-refractivity contribution in [1.82, 2.24) is 0 Å². The maximum atomic E-state index is 10.9. The third-order valence-electron chi connectivity index (χ3n) is 2.68. The van der Waals surface area contributed by atoms with Gasteiger partial charge in [0.15, 0.2) is 11.6 Å². The first-order chi connectivity index (χ1) is 15.6. The molecule has 0 aromatic rings. The van der Waals surface area contributed by atoms with Crippen molar-refractivity contribution in [3.8, 4) is 0 Å². The standard InChI is InChI=1S/2C9H13O3.2C3H8O.O.Ti/c2*1-3-4-5-8(11)9(12)6-7(2)10;2*1-3(2)4;;/h2*4H,3,5-6H2,1-2H3;2*3-4H,1-2H3;;/q2*-1;;;;+2. The second-order valence-corrected chi connectivity index (χ2v) is 7.44. The van der Waals surface area contributed by atoms with Crippen LogP contribution in [0.4, 0.5) is 0 Å². The zero-order chi connectivity index (χ0) is 28.3. The Kier molecular flexibility index (Phi) is 39.4. The minimum absolute atomic E-state index is 0.155. The monoisotopic (exact) mass is 522 g/mol. The number of unbranched alkanes of at least 4 members (excludes halogenated alkanes) is 2. The normalized spacial score (nSPS) is 9.00. The molecular formula is C24H42O9Ti. The van der Waals surface area contributed by atoms with Gasteiger partial charge in [-0.2, -0.15) is 12.8 Å². The summed E-state index contributed by atoms with van der Waals surface area (Å²) >= 11 is 0.750.